The molecule has 0 bridgehead atoms. The Morgan fingerprint density at radius 3 is 3.00 bits per heavy atom. The number of nitrogens with two attached hydrogens (primary N) is 1. The lowest BCUT2D eigenvalue weighted by molar-refractivity contribution is 0.524. The lowest BCUT2D eigenvalue weighted by atomic mass is 10.1. The Morgan fingerprint density at radius 1 is 1.60 bits per heavy atom. The van der Waals surface area contributed by atoms with Gasteiger partial charge >= 0.3 is 0 Å². The summed E-state index contributed by atoms with van der Waals surface area (Å²) in [5.74, 6) is 0. The summed E-state index contributed by atoms with van der Waals surface area (Å²) < 4.78 is 0. The molecule has 1 unspecified atom stereocenters. The molecule has 0 saturated heterocycles. The van der Waals surface area contributed by atoms with Gasteiger partial charge in [-0.25, -0.2) is 4.98 Å². The van der Waals surface area contributed by atoms with Crippen molar-refractivity contribution in [1.82, 2.24) is 10.3 Å². The lowest BCUT2D eigenvalue weighted by Gasteiger charge is -2.10. The molecule has 86 valence electrons. The van der Waals surface area contributed by atoms with Crippen molar-refractivity contribution in [2.24, 2.45) is 5.73 Å². The summed E-state index contributed by atoms with van der Waals surface area (Å²) in [6, 6.07) is 0.283. The van der Waals surface area contributed by atoms with Gasteiger partial charge in [0.25, 0.3) is 0 Å². The second kappa shape index (κ2) is 6.93. The van der Waals surface area contributed by atoms with Crippen LogP contribution in [0.1, 0.15) is 36.1 Å². The summed E-state index contributed by atoms with van der Waals surface area (Å²) in [6.45, 7) is 6.00. The number of rotatable bonds is 7. The van der Waals surface area contributed by atoms with Crippen LogP contribution in [0, 0.1) is 6.92 Å². The van der Waals surface area contributed by atoms with Crippen LogP contribution in [0.4, 0.5) is 0 Å². The minimum atomic E-state index is 0.283. The summed E-state index contributed by atoms with van der Waals surface area (Å²) in [7, 11) is 0. The van der Waals surface area contributed by atoms with Crippen LogP contribution >= 0.6 is 11.3 Å². The van der Waals surface area contributed by atoms with Crippen LogP contribution in [-0.4, -0.2) is 17.6 Å². The topological polar surface area (TPSA) is 50.9 Å². The molecule has 15 heavy (non-hydrogen) atoms. The minimum absolute atomic E-state index is 0.283. The summed E-state index contributed by atoms with van der Waals surface area (Å²) in [5.41, 5.74) is 5.95. The molecule has 4 heteroatoms. The Hall–Kier alpha value is -0.450. The van der Waals surface area contributed by atoms with E-state index in [-0.39, 0.29) is 6.04 Å². The van der Waals surface area contributed by atoms with Crippen LogP contribution in [0.2, 0.25) is 0 Å². The first-order valence-electron chi connectivity index (χ1n) is 5.60. The molecule has 1 rings (SSSR count). The third kappa shape index (κ3) is 5.25. The SMILES string of the molecule is CCCCC(N)CNCc1ncc(C)s1. The van der Waals surface area contributed by atoms with Crippen LogP contribution in [0.3, 0.4) is 0 Å². The number of aromatic nitrogens is 1. The van der Waals surface area contributed by atoms with E-state index in [2.05, 4.69) is 24.1 Å². The van der Waals surface area contributed by atoms with E-state index in [4.69, 9.17) is 5.73 Å². The van der Waals surface area contributed by atoms with E-state index in [1.165, 1.54) is 17.7 Å². The molecule has 0 amide bonds. The molecule has 0 spiro atoms. The highest BCUT2D eigenvalue weighted by Gasteiger charge is 2.02. The molecule has 0 radical (unpaired) electrons. The molecule has 3 nitrogen and oxygen atoms in total. The van der Waals surface area contributed by atoms with Gasteiger partial charge in [-0.05, 0) is 13.3 Å². The molecule has 1 aromatic rings. The Bertz CT molecular complexity index is 273. The second-order valence-corrected chi connectivity index (χ2v) is 5.22. The highest BCUT2D eigenvalue weighted by molar-refractivity contribution is 7.11. The molecule has 0 saturated carbocycles. The van der Waals surface area contributed by atoms with Gasteiger partial charge in [-0.3, -0.25) is 0 Å². The monoisotopic (exact) mass is 227 g/mol. The van der Waals surface area contributed by atoms with Crippen molar-refractivity contribution in [2.75, 3.05) is 6.54 Å². The standard InChI is InChI=1S/C11H21N3S/c1-3-4-5-10(12)7-13-8-11-14-6-9(2)15-11/h6,10,13H,3-5,7-8,12H2,1-2H3. The van der Waals surface area contributed by atoms with Gasteiger partial charge in [-0.2, -0.15) is 0 Å². The van der Waals surface area contributed by atoms with Gasteiger partial charge in [0.15, 0.2) is 0 Å². The number of unbranched alkanes of at least 4 members (excludes halogenated alkanes) is 1. The molecular weight excluding hydrogens is 206 g/mol. The predicted octanol–water partition coefficient (Wildman–Crippen LogP) is 2.06. The first-order valence-corrected chi connectivity index (χ1v) is 6.41. The van der Waals surface area contributed by atoms with Crippen LogP contribution < -0.4 is 11.1 Å². The molecular formula is C11H21N3S. The Morgan fingerprint density at radius 2 is 2.40 bits per heavy atom. The molecule has 0 aromatic carbocycles. The van der Waals surface area contributed by atoms with Crippen LogP contribution in [0.15, 0.2) is 6.20 Å². The first kappa shape index (κ1) is 12.6. The van der Waals surface area contributed by atoms with Crippen molar-refractivity contribution in [3.05, 3.63) is 16.1 Å². The molecule has 0 aliphatic carbocycles. The third-order valence-corrected chi connectivity index (χ3v) is 3.19. The fraction of sp³-hybridized carbons (Fsp3) is 0.727. The van der Waals surface area contributed by atoms with Gasteiger partial charge in [0.2, 0.25) is 0 Å². The summed E-state index contributed by atoms with van der Waals surface area (Å²) in [6.07, 6.45) is 5.47. The molecule has 3 N–H and O–H groups in total. The van der Waals surface area contributed by atoms with E-state index >= 15 is 0 Å². The van der Waals surface area contributed by atoms with Crippen molar-refractivity contribution in [1.29, 1.82) is 0 Å². The number of aryl methyl sites for hydroxylation is 1. The van der Waals surface area contributed by atoms with Gasteiger partial charge in [-0.1, -0.05) is 19.8 Å². The quantitative estimate of drug-likeness (QED) is 0.749. The van der Waals surface area contributed by atoms with Crippen molar-refractivity contribution < 1.29 is 0 Å². The van der Waals surface area contributed by atoms with Crippen molar-refractivity contribution in [2.45, 2.75) is 45.7 Å². The van der Waals surface area contributed by atoms with Gasteiger partial charge in [0.05, 0.1) is 0 Å². The van der Waals surface area contributed by atoms with Crippen LogP contribution in [0.5, 0.6) is 0 Å². The van der Waals surface area contributed by atoms with E-state index in [1.807, 2.05) is 6.20 Å². The Kier molecular flexibility index (Phi) is 5.83. The second-order valence-electron chi connectivity index (χ2n) is 3.90. The summed E-state index contributed by atoms with van der Waals surface area (Å²) >= 11 is 1.74. The van der Waals surface area contributed by atoms with E-state index in [9.17, 15) is 0 Å². The number of nitrogens with one attached hydrogen (secondary N) is 1. The summed E-state index contributed by atoms with van der Waals surface area (Å²) in [4.78, 5) is 5.56. The third-order valence-electron chi connectivity index (χ3n) is 2.28. The van der Waals surface area contributed by atoms with E-state index in [0.29, 0.717) is 0 Å². The largest absolute Gasteiger partial charge is 0.327 e. The first-order chi connectivity index (χ1) is 7.22. The van der Waals surface area contributed by atoms with Crippen LogP contribution in [-0.2, 0) is 6.54 Å². The number of hydrogen-bond acceptors (Lipinski definition) is 4. The normalized spacial score (nSPS) is 13.0. The number of nitrogens with zero attached hydrogens (tertiary/aromatic N) is 1. The highest BCUT2D eigenvalue weighted by atomic mass is 32.1. The maximum Gasteiger partial charge on any atom is 0.107 e. The zero-order valence-corrected chi connectivity index (χ0v) is 10.4. The highest BCUT2D eigenvalue weighted by Crippen LogP contribution is 2.10. The van der Waals surface area contributed by atoms with Crippen molar-refractivity contribution >= 4 is 11.3 Å². The van der Waals surface area contributed by atoms with Gasteiger partial charge < -0.3 is 11.1 Å². The fourth-order valence-corrected chi connectivity index (χ4v) is 2.17. The van der Waals surface area contributed by atoms with Gasteiger partial charge in [0, 0.05) is 30.2 Å². The maximum atomic E-state index is 5.95. The predicted molar refractivity (Wildman–Crippen MR) is 66.1 cm³/mol. The van der Waals surface area contributed by atoms with E-state index < -0.39 is 0 Å². The molecule has 1 atom stereocenters. The molecule has 0 aliphatic heterocycles. The summed E-state index contributed by atoms with van der Waals surface area (Å²) in [5, 5.41) is 4.49. The molecule has 0 aliphatic rings. The lowest BCUT2D eigenvalue weighted by Crippen LogP contribution is -2.33. The molecule has 0 fully saturated rings. The maximum absolute atomic E-state index is 5.95. The minimum Gasteiger partial charge on any atom is -0.327 e. The molecule has 1 heterocycles. The van der Waals surface area contributed by atoms with E-state index in [0.717, 1.165) is 24.5 Å². The smallest absolute Gasteiger partial charge is 0.107 e. The zero-order valence-electron chi connectivity index (χ0n) is 9.62. The van der Waals surface area contributed by atoms with Crippen molar-refractivity contribution in [3.63, 3.8) is 0 Å². The number of thiazole rings is 1. The average molecular weight is 227 g/mol. The molecule has 1 aromatic heterocycles. The average Bonchev–Trinajstić information content (AvgIpc) is 2.61. The fourth-order valence-electron chi connectivity index (χ4n) is 1.42. The Labute approximate surface area is 96.1 Å². The zero-order chi connectivity index (χ0) is 11.1. The van der Waals surface area contributed by atoms with Crippen LogP contribution in [0.25, 0.3) is 0 Å². The number of hydrogen-bond donors (Lipinski definition) is 2. The van der Waals surface area contributed by atoms with E-state index in [1.54, 1.807) is 11.3 Å². The van der Waals surface area contributed by atoms with Gasteiger partial charge in [-0.15, -0.1) is 11.3 Å². The Balaban J connectivity index is 2.10. The van der Waals surface area contributed by atoms with Crippen molar-refractivity contribution in [3.8, 4) is 0 Å². The van der Waals surface area contributed by atoms with Gasteiger partial charge in [0.1, 0.15) is 5.01 Å².